The molecule has 134 valence electrons. The first kappa shape index (κ1) is 17.6. The van der Waals surface area contributed by atoms with Crippen LogP contribution in [-0.2, 0) is 9.53 Å². The highest BCUT2D eigenvalue weighted by Crippen LogP contribution is 2.35. The minimum absolute atomic E-state index is 0.180. The molecule has 0 amide bonds. The first-order valence-corrected chi connectivity index (χ1v) is 9.23. The predicted octanol–water partition coefficient (Wildman–Crippen LogP) is 3.23. The van der Waals surface area contributed by atoms with Crippen molar-refractivity contribution in [2.75, 3.05) is 11.9 Å². The van der Waals surface area contributed by atoms with Gasteiger partial charge >= 0.3 is 11.9 Å². The van der Waals surface area contributed by atoms with Crippen molar-refractivity contribution < 1.29 is 19.4 Å². The zero-order valence-electron chi connectivity index (χ0n) is 14.2. The number of hydrogen-bond acceptors (Lipinski definition) is 7. The van der Waals surface area contributed by atoms with Gasteiger partial charge in [0.1, 0.15) is 21.9 Å². The Morgan fingerprint density at radius 3 is 2.68 bits per heavy atom. The molecule has 0 spiro atoms. The van der Waals surface area contributed by atoms with Gasteiger partial charge in [-0.2, -0.15) is 0 Å². The molecule has 0 aromatic carbocycles. The molecule has 1 saturated carbocycles. The van der Waals surface area contributed by atoms with Gasteiger partial charge in [-0.05, 0) is 45.1 Å². The Balaban J connectivity index is 1.83. The fourth-order valence-corrected chi connectivity index (χ4v) is 4.29. The zero-order valence-corrected chi connectivity index (χ0v) is 15.1. The molecule has 0 aliphatic heterocycles. The second kappa shape index (κ2) is 7.35. The Labute approximate surface area is 149 Å². The average Bonchev–Trinajstić information content (AvgIpc) is 2.94. The lowest BCUT2D eigenvalue weighted by Crippen LogP contribution is -2.29. The number of thiophene rings is 1. The number of hydrogen-bond donors (Lipinski definition) is 2. The number of nitrogens with zero attached hydrogens (tertiary/aromatic N) is 2. The molecule has 25 heavy (non-hydrogen) atoms. The molecule has 2 aromatic heterocycles. The van der Waals surface area contributed by atoms with Crippen LogP contribution in [0.4, 0.5) is 5.82 Å². The monoisotopic (exact) mass is 363 g/mol. The quantitative estimate of drug-likeness (QED) is 0.786. The molecule has 8 heteroatoms. The summed E-state index contributed by atoms with van der Waals surface area (Å²) >= 11 is 1.31. The van der Waals surface area contributed by atoms with Gasteiger partial charge < -0.3 is 15.2 Å². The van der Waals surface area contributed by atoms with E-state index in [9.17, 15) is 9.59 Å². The number of rotatable bonds is 5. The van der Waals surface area contributed by atoms with Crippen molar-refractivity contribution in [3.05, 3.63) is 16.8 Å². The summed E-state index contributed by atoms with van der Waals surface area (Å²) < 4.78 is 5.11. The van der Waals surface area contributed by atoms with Crippen LogP contribution < -0.4 is 5.32 Å². The van der Waals surface area contributed by atoms with Gasteiger partial charge in [0.15, 0.2) is 0 Å². The van der Waals surface area contributed by atoms with Gasteiger partial charge in [0.05, 0.1) is 17.9 Å². The maximum absolute atomic E-state index is 12.1. The van der Waals surface area contributed by atoms with Crippen molar-refractivity contribution in [2.45, 2.75) is 45.6 Å². The molecule has 1 aliphatic rings. The van der Waals surface area contributed by atoms with Crippen LogP contribution in [0.25, 0.3) is 10.2 Å². The number of esters is 1. The van der Waals surface area contributed by atoms with Crippen LogP contribution >= 0.6 is 11.3 Å². The molecule has 7 nitrogen and oxygen atoms in total. The minimum atomic E-state index is -0.712. The number of carboxylic acid groups (broad SMARTS) is 1. The van der Waals surface area contributed by atoms with Gasteiger partial charge in [0.25, 0.3) is 0 Å². The van der Waals surface area contributed by atoms with E-state index in [0.717, 1.165) is 28.6 Å². The number of ether oxygens (including phenoxy) is 1. The van der Waals surface area contributed by atoms with Crippen LogP contribution in [0, 0.1) is 12.8 Å². The van der Waals surface area contributed by atoms with Crippen molar-refractivity contribution in [3.8, 4) is 0 Å². The molecular formula is C17H21N3O4S. The molecule has 0 unspecified atom stereocenters. The average molecular weight is 363 g/mol. The van der Waals surface area contributed by atoms with Crippen LogP contribution in [0.2, 0.25) is 0 Å². The number of carbonyl (C=O) groups excluding carboxylic acids is 1. The van der Waals surface area contributed by atoms with E-state index in [4.69, 9.17) is 9.84 Å². The fraction of sp³-hybridized carbons (Fsp3) is 0.529. The smallest absolute Gasteiger partial charge is 0.348 e. The Bertz CT molecular complexity index is 797. The molecule has 2 N–H and O–H groups in total. The zero-order chi connectivity index (χ0) is 18.0. The number of aryl methyl sites for hydroxylation is 1. The molecule has 2 heterocycles. The van der Waals surface area contributed by atoms with E-state index in [1.54, 1.807) is 6.92 Å². The molecule has 1 aliphatic carbocycles. The SMILES string of the molecule is CCOC(=O)c1sc2ncnc(NC3CCC(C(=O)O)CC3)c2c1C. The number of carbonyl (C=O) groups is 2. The third-order valence-electron chi connectivity index (χ3n) is 4.60. The van der Waals surface area contributed by atoms with Crippen LogP contribution in [0.15, 0.2) is 6.33 Å². The van der Waals surface area contributed by atoms with E-state index in [0.29, 0.717) is 30.1 Å². The van der Waals surface area contributed by atoms with Crippen molar-refractivity contribution in [3.63, 3.8) is 0 Å². The Morgan fingerprint density at radius 2 is 2.04 bits per heavy atom. The van der Waals surface area contributed by atoms with Crippen molar-refractivity contribution >= 4 is 39.3 Å². The highest BCUT2D eigenvalue weighted by Gasteiger charge is 2.27. The molecule has 0 atom stereocenters. The van der Waals surface area contributed by atoms with Crippen LogP contribution in [0.5, 0.6) is 0 Å². The third kappa shape index (κ3) is 3.58. The van der Waals surface area contributed by atoms with Gasteiger partial charge in [-0.25, -0.2) is 14.8 Å². The summed E-state index contributed by atoms with van der Waals surface area (Å²) in [4.78, 5) is 33.1. The normalized spacial score (nSPS) is 20.4. The Kier molecular flexibility index (Phi) is 5.17. The van der Waals surface area contributed by atoms with Gasteiger partial charge in [-0.3, -0.25) is 4.79 Å². The number of fused-ring (bicyclic) bond motifs is 1. The lowest BCUT2D eigenvalue weighted by molar-refractivity contribution is -0.142. The molecule has 2 aromatic rings. The second-order valence-electron chi connectivity index (χ2n) is 6.21. The number of carboxylic acids is 1. The molecule has 1 fully saturated rings. The molecule has 3 rings (SSSR count). The lowest BCUT2D eigenvalue weighted by atomic mass is 9.86. The molecular weight excluding hydrogens is 342 g/mol. The fourth-order valence-electron chi connectivity index (χ4n) is 3.25. The van der Waals surface area contributed by atoms with E-state index >= 15 is 0 Å². The largest absolute Gasteiger partial charge is 0.481 e. The summed E-state index contributed by atoms with van der Waals surface area (Å²) in [6.07, 6.45) is 4.39. The molecule has 0 bridgehead atoms. The number of aliphatic carboxylic acids is 1. The topological polar surface area (TPSA) is 101 Å². The van der Waals surface area contributed by atoms with Gasteiger partial charge in [-0.15, -0.1) is 11.3 Å². The van der Waals surface area contributed by atoms with Crippen molar-refractivity contribution in [1.82, 2.24) is 9.97 Å². The van der Waals surface area contributed by atoms with E-state index in [1.807, 2.05) is 6.92 Å². The Hall–Kier alpha value is -2.22. The summed E-state index contributed by atoms with van der Waals surface area (Å²) in [7, 11) is 0. The van der Waals surface area contributed by atoms with Gasteiger partial charge in [0, 0.05) is 6.04 Å². The Morgan fingerprint density at radius 1 is 1.32 bits per heavy atom. The highest BCUT2D eigenvalue weighted by atomic mass is 32.1. The number of aromatic nitrogens is 2. The summed E-state index contributed by atoms with van der Waals surface area (Å²) in [5, 5.41) is 13.4. The summed E-state index contributed by atoms with van der Waals surface area (Å²) in [6, 6.07) is 0.180. The summed E-state index contributed by atoms with van der Waals surface area (Å²) in [5.74, 6) is -0.596. The summed E-state index contributed by atoms with van der Waals surface area (Å²) in [6.45, 7) is 3.98. The van der Waals surface area contributed by atoms with Crippen LogP contribution in [0.1, 0.15) is 47.8 Å². The predicted molar refractivity (Wildman–Crippen MR) is 95.1 cm³/mol. The molecule has 0 radical (unpaired) electrons. The van der Waals surface area contributed by atoms with Crippen LogP contribution in [-0.4, -0.2) is 39.7 Å². The van der Waals surface area contributed by atoms with E-state index in [1.165, 1.54) is 17.7 Å². The second-order valence-corrected chi connectivity index (χ2v) is 7.21. The van der Waals surface area contributed by atoms with Gasteiger partial charge in [0.2, 0.25) is 0 Å². The molecule has 0 saturated heterocycles. The standard InChI is InChI=1S/C17H21N3O4S/c1-3-24-17(23)13-9(2)12-14(18-8-19-15(12)25-13)20-11-6-4-10(5-7-11)16(21)22/h8,10-11H,3-7H2,1-2H3,(H,21,22)(H,18,19,20). The van der Waals surface area contributed by atoms with Crippen molar-refractivity contribution in [2.24, 2.45) is 5.92 Å². The van der Waals surface area contributed by atoms with E-state index < -0.39 is 5.97 Å². The third-order valence-corrected chi connectivity index (χ3v) is 5.78. The number of anilines is 1. The van der Waals surface area contributed by atoms with Gasteiger partial charge in [-0.1, -0.05) is 0 Å². The number of nitrogens with one attached hydrogen (secondary N) is 1. The minimum Gasteiger partial charge on any atom is -0.481 e. The maximum Gasteiger partial charge on any atom is 0.348 e. The van der Waals surface area contributed by atoms with Crippen LogP contribution in [0.3, 0.4) is 0 Å². The van der Waals surface area contributed by atoms with E-state index in [2.05, 4.69) is 15.3 Å². The van der Waals surface area contributed by atoms with E-state index in [-0.39, 0.29) is 17.9 Å². The first-order chi connectivity index (χ1) is 12.0. The summed E-state index contributed by atoms with van der Waals surface area (Å²) in [5.41, 5.74) is 0.820. The van der Waals surface area contributed by atoms with Crippen molar-refractivity contribution in [1.29, 1.82) is 0 Å². The maximum atomic E-state index is 12.1. The highest BCUT2D eigenvalue weighted by molar-refractivity contribution is 7.20. The first-order valence-electron chi connectivity index (χ1n) is 8.41. The lowest BCUT2D eigenvalue weighted by Gasteiger charge is -2.27.